The van der Waals surface area contributed by atoms with E-state index in [1.807, 2.05) is 25.1 Å². The topological polar surface area (TPSA) is 15.3 Å². The second-order valence-electron chi connectivity index (χ2n) is 10.5. The summed E-state index contributed by atoms with van der Waals surface area (Å²) < 4.78 is 0. The van der Waals surface area contributed by atoms with Crippen LogP contribution in [0.5, 0.6) is 0 Å². The van der Waals surface area contributed by atoms with Crippen LogP contribution in [-0.2, 0) is 0 Å². The number of unbranched alkanes of at least 4 members (excludes halogenated alkanes) is 2. The van der Waals surface area contributed by atoms with E-state index in [1.165, 1.54) is 47.3 Å². The zero-order valence-electron chi connectivity index (χ0n) is 25.4. The predicted octanol–water partition coefficient (Wildman–Crippen LogP) is 10.9. The lowest BCUT2D eigenvalue weighted by molar-refractivity contribution is 0.668. The highest BCUT2D eigenvalue weighted by Gasteiger charge is 2.12. The lowest BCUT2D eigenvalue weighted by atomic mass is 9.97. The van der Waals surface area contributed by atoms with Crippen molar-refractivity contribution in [2.75, 3.05) is 30.4 Å². The summed E-state index contributed by atoms with van der Waals surface area (Å²) in [6, 6.07) is 12.7. The summed E-state index contributed by atoms with van der Waals surface area (Å²) in [5, 5.41) is 3.35. The highest BCUT2D eigenvalue weighted by atomic mass is 32.1. The van der Waals surface area contributed by atoms with Crippen molar-refractivity contribution >= 4 is 36.6 Å². The fourth-order valence-electron chi connectivity index (χ4n) is 4.28. The van der Waals surface area contributed by atoms with Crippen molar-refractivity contribution in [2.24, 2.45) is 0 Å². The molecule has 4 heteroatoms. The first-order valence-electron chi connectivity index (χ1n) is 14.3. The molecule has 0 aromatic heterocycles. The van der Waals surface area contributed by atoms with E-state index in [2.05, 4.69) is 138 Å². The molecule has 0 fully saturated rings. The van der Waals surface area contributed by atoms with Gasteiger partial charge in [0.1, 0.15) is 0 Å². The minimum atomic E-state index is 0.346. The summed E-state index contributed by atoms with van der Waals surface area (Å²) in [6.45, 7) is 18.9. The van der Waals surface area contributed by atoms with E-state index in [0.717, 1.165) is 29.3 Å². The van der Waals surface area contributed by atoms with Crippen LogP contribution in [0, 0.1) is 0 Å². The average molecular weight is 565 g/mol. The minimum Gasteiger partial charge on any atom is -0.385 e. The lowest BCUT2D eigenvalue weighted by Gasteiger charge is -2.25. The number of allylic oxidation sites excluding steroid dienone is 7. The van der Waals surface area contributed by atoms with Gasteiger partial charge in [0.25, 0.3) is 0 Å². The number of hydrogen-bond donors (Lipinski definition) is 3. The van der Waals surface area contributed by atoms with Gasteiger partial charge in [-0.3, -0.25) is 0 Å². The summed E-state index contributed by atoms with van der Waals surface area (Å²) in [6.07, 6.45) is 17.4. The SMILES string of the molecule is C=C(C)CCCCCN(C)c1ccc(S)cc1C(C)/C=C/C=C/C=C/C.CCNc1ccc(S)cc1C(C)C. The zero-order valence-corrected chi connectivity index (χ0v) is 27.2. The third-order valence-electron chi connectivity index (χ3n) is 6.46. The zero-order chi connectivity index (χ0) is 29.2. The minimum absolute atomic E-state index is 0.346. The Hall–Kier alpha value is -2.30. The van der Waals surface area contributed by atoms with Crippen LogP contribution in [0.15, 0.2) is 94.8 Å². The van der Waals surface area contributed by atoms with Crippen LogP contribution < -0.4 is 10.2 Å². The van der Waals surface area contributed by atoms with Gasteiger partial charge >= 0.3 is 0 Å². The molecule has 0 amide bonds. The Balaban J connectivity index is 0.000000487. The first-order valence-corrected chi connectivity index (χ1v) is 15.2. The number of benzene rings is 2. The molecule has 0 saturated carbocycles. The van der Waals surface area contributed by atoms with Crippen molar-refractivity contribution in [1.29, 1.82) is 0 Å². The summed E-state index contributed by atoms with van der Waals surface area (Å²) in [5.41, 5.74) is 6.49. The second-order valence-corrected chi connectivity index (χ2v) is 11.5. The molecule has 2 nitrogen and oxygen atoms in total. The first kappa shape index (κ1) is 34.7. The molecule has 2 rings (SSSR count). The Morgan fingerprint density at radius 1 is 0.923 bits per heavy atom. The van der Waals surface area contributed by atoms with E-state index in [0.29, 0.717) is 11.8 Å². The normalized spacial score (nSPS) is 12.3. The van der Waals surface area contributed by atoms with Crippen molar-refractivity contribution in [3.63, 3.8) is 0 Å². The maximum absolute atomic E-state index is 4.54. The van der Waals surface area contributed by atoms with E-state index < -0.39 is 0 Å². The summed E-state index contributed by atoms with van der Waals surface area (Å²) in [4.78, 5) is 4.43. The van der Waals surface area contributed by atoms with Crippen molar-refractivity contribution in [1.82, 2.24) is 0 Å². The van der Waals surface area contributed by atoms with Crippen LogP contribution >= 0.6 is 25.3 Å². The van der Waals surface area contributed by atoms with Gasteiger partial charge in [-0.05, 0) is 93.5 Å². The van der Waals surface area contributed by atoms with Crippen molar-refractivity contribution in [2.45, 2.75) is 88.9 Å². The predicted molar refractivity (Wildman–Crippen MR) is 184 cm³/mol. The van der Waals surface area contributed by atoms with Gasteiger partial charge in [-0.15, -0.1) is 31.8 Å². The third-order valence-corrected chi connectivity index (χ3v) is 7.02. The molecule has 1 atom stereocenters. The van der Waals surface area contributed by atoms with Crippen molar-refractivity contribution < 1.29 is 0 Å². The second kappa shape index (κ2) is 19.7. The third kappa shape index (κ3) is 14.1. The molecule has 0 bridgehead atoms. The fourth-order valence-corrected chi connectivity index (χ4v) is 4.71. The van der Waals surface area contributed by atoms with Gasteiger partial charge in [0.2, 0.25) is 0 Å². The summed E-state index contributed by atoms with van der Waals surface area (Å²) in [5.74, 6) is 0.888. The maximum atomic E-state index is 4.54. The lowest BCUT2D eigenvalue weighted by Crippen LogP contribution is -2.20. The van der Waals surface area contributed by atoms with Crippen molar-refractivity contribution in [3.05, 3.63) is 96.1 Å². The molecule has 0 aliphatic rings. The van der Waals surface area contributed by atoms with Gasteiger partial charge < -0.3 is 10.2 Å². The molecule has 39 heavy (non-hydrogen) atoms. The van der Waals surface area contributed by atoms with Crippen LogP contribution in [-0.4, -0.2) is 20.1 Å². The van der Waals surface area contributed by atoms with Gasteiger partial charge in [0.05, 0.1) is 0 Å². The monoisotopic (exact) mass is 564 g/mol. The van der Waals surface area contributed by atoms with Crippen LogP contribution in [0.3, 0.4) is 0 Å². The molecule has 0 saturated heterocycles. The summed E-state index contributed by atoms with van der Waals surface area (Å²) in [7, 11) is 2.19. The molecule has 0 aliphatic carbocycles. The Kier molecular flexibility index (Phi) is 17.6. The highest BCUT2D eigenvalue weighted by Crippen LogP contribution is 2.31. The van der Waals surface area contributed by atoms with Gasteiger partial charge in [-0.25, -0.2) is 0 Å². The van der Waals surface area contributed by atoms with Crippen molar-refractivity contribution in [3.8, 4) is 0 Å². The number of nitrogens with zero attached hydrogens (tertiary/aromatic N) is 1. The summed E-state index contributed by atoms with van der Waals surface area (Å²) >= 11 is 8.88. The first-order chi connectivity index (χ1) is 18.6. The van der Waals surface area contributed by atoms with Crippen LogP contribution in [0.25, 0.3) is 0 Å². The van der Waals surface area contributed by atoms with E-state index >= 15 is 0 Å². The Morgan fingerprint density at radius 2 is 1.56 bits per heavy atom. The number of rotatable bonds is 14. The van der Waals surface area contributed by atoms with Gasteiger partial charge in [-0.2, -0.15) is 0 Å². The molecule has 0 radical (unpaired) electrons. The smallest absolute Gasteiger partial charge is 0.0402 e. The number of hydrogen-bond acceptors (Lipinski definition) is 4. The fraction of sp³-hybridized carbons (Fsp3) is 0.429. The Bertz CT molecular complexity index is 1080. The largest absolute Gasteiger partial charge is 0.385 e. The molecule has 0 spiro atoms. The molecule has 0 aliphatic heterocycles. The van der Waals surface area contributed by atoms with Gasteiger partial charge in [0.15, 0.2) is 0 Å². The quantitative estimate of drug-likeness (QED) is 0.0915. The van der Waals surface area contributed by atoms with Gasteiger partial charge in [-0.1, -0.05) is 69.2 Å². The molecule has 1 unspecified atom stereocenters. The van der Waals surface area contributed by atoms with Gasteiger partial charge in [0, 0.05) is 47.2 Å². The van der Waals surface area contributed by atoms with E-state index in [-0.39, 0.29) is 0 Å². The van der Waals surface area contributed by atoms with Crippen LogP contribution in [0.2, 0.25) is 0 Å². The molecule has 1 N–H and O–H groups in total. The Morgan fingerprint density at radius 3 is 2.18 bits per heavy atom. The molecule has 2 aromatic rings. The van der Waals surface area contributed by atoms with Crippen LogP contribution in [0.4, 0.5) is 11.4 Å². The van der Waals surface area contributed by atoms with E-state index in [4.69, 9.17) is 0 Å². The standard InChI is InChI=1S/C24H35NS.C11H17NS/c1-6-7-8-9-12-15-21(4)23-19-22(26)16-17-24(23)25(5)18-13-10-11-14-20(2)3;1-4-12-11-6-5-9(13)7-10(11)8(2)3/h6-9,12,15-17,19,21,26H,2,10-11,13-14,18H2,1,3-5H3;5-8,12-13H,4H2,1-3H3/b7-6+,9-8+,15-12+;. The average Bonchev–Trinajstić information content (AvgIpc) is 2.89. The van der Waals surface area contributed by atoms with E-state index in [1.54, 1.807) is 0 Å². The molecular formula is C35H52N2S2. The van der Waals surface area contributed by atoms with Crippen LogP contribution in [0.1, 0.15) is 90.2 Å². The maximum Gasteiger partial charge on any atom is 0.0402 e. The number of thiol groups is 2. The molecular weight excluding hydrogens is 513 g/mol. The highest BCUT2D eigenvalue weighted by molar-refractivity contribution is 7.80. The number of anilines is 2. The molecule has 0 heterocycles. The Labute approximate surface area is 251 Å². The molecule has 2 aromatic carbocycles. The number of nitrogens with one attached hydrogen (secondary N) is 1. The molecule has 214 valence electrons. The van der Waals surface area contributed by atoms with E-state index in [9.17, 15) is 0 Å².